The van der Waals surface area contributed by atoms with Crippen molar-refractivity contribution in [1.82, 2.24) is 10.6 Å². The van der Waals surface area contributed by atoms with Gasteiger partial charge in [-0.3, -0.25) is 9.59 Å². The van der Waals surface area contributed by atoms with E-state index in [0.717, 1.165) is 36.9 Å². The Bertz CT molecular complexity index is 657. The van der Waals surface area contributed by atoms with Crippen LogP contribution in [0.3, 0.4) is 0 Å². The summed E-state index contributed by atoms with van der Waals surface area (Å²) in [5.74, 6) is 1.07. The van der Waals surface area contributed by atoms with E-state index in [9.17, 15) is 9.59 Å². The number of anilines is 1. The third-order valence-electron chi connectivity index (χ3n) is 6.32. The molecular formula is C21H29N3O2. The van der Waals surface area contributed by atoms with Gasteiger partial charge in [-0.05, 0) is 55.7 Å². The molecule has 3 fully saturated rings. The summed E-state index contributed by atoms with van der Waals surface area (Å²) in [5.41, 5.74) is 1.83. The van der Waals surface area contributed by atoms with Crippen molar-refractivity contribution in [3.05, 3.63) is 29.8 Å². The molecule has 1 saturated heterocycles. The smallest absolute Gasteiger partial charge is 0.237 e. The Hall–Kier alpha value is -1.88. The predicted molar refractivity (Wildman–Crippen MR) is 102 cm³/mol. The van der Waals surface area contributed by atoms with Crippen LogP contribution in [0.25, 0.3) is 0 Å². The van der Waals surface area contributed by atoms with Crippen LogP contribution in [0.1, 0.15) is 56.9 Å². The first-order valence-electron chi connectivity index (χ1n) is 10.1. The summed E-state index contributed by atoms with van der Waals surface area (Å²) in [6.45, 7) is 0.499. The Morgan fingerprint density at radius 1 is 1.04 bits per heavy atom. The topological polar surface area (TPSA) is 70.2 Å². The van der Waals surface area contributed by atoms with E-state index in [2.05, 4.69) is 16.0 Å². The van der Waals surface area contributed by atoms with E-state index in [0.29, 0.717) is 18.5 Å². The number of carbonyl (C=O) groups is 2. The summed E-state index contributed by atoms with van der Waals surface area (Å²) < 4.78 is 0. The van der Waals surface area contributed by atoms with Crippen molar-refractivity contribution in [2.24, 2.45) is 11.8 Å². The Labute approximate surface area is 155 Å². The predicted octanol–water partition coefficient (Wildman–Crippen LogP) is 2.96. The van der Waals surface area contributed by atoms with Crippen LogP contribution in [0.15, 0.2) is 24.3 Å². The lowest BCUT2D eigenvalue weighted by atomic mass is 9.85. The van der Waals surface area contributed by atoms with Crippen molar-refractivity contribution >= 4 is 17.5 Å². The SMILES string of the molecule is O=C(Nc1cccc(CNC(=O)C2CC3CCCCC3N2)c1)C1CCC1. The molecule has 1 heterocycles. The molecule has 140 valence electrons. The highest BCUT2D eigenvalue weighted by molar-refractivity contribution is 5.93. The average molecular weight is 355 g/mol. The highest BCUT2D eigenvalue weighted by atomic mass is 16.2. The number of hydrogen-bond acceptors (Lipinski definition) is 3. The van der Waals surface area contributed by atoms with Gasteiger partial charge in [0.05, 0.1) is 6.04 Å². The molecule has 1 aliphatic heterocycles. The first-order valence-corrected chi connectivity index (χ1v) is 10.1. The molecule has 0 aromatic heterocycles. The van der Waals surface area contributed by atoms with Crippen molar-refractivity contribution < 1.29 is 9.59 Å². The maximum absolute atomic E-state index is 12.5. The molecule has 3 aliphatic rings. The number of hydrogen-bond donors (Lipinski definition) is 3. The van der Waals surface area contributed by atoms with E-state index < -0.39 is 0 Å². The lowest BCUT2D eigenvalue weighted by molar-refractivity contribution is -0.123. The van der Waals surface area contributed by atoms with E-state index in [4.69, 9.17) is 0 Å². The Balaban J connectivity index is 1.28. The number of nitrogens with one attached hydrogen (secondary N) is 3. The monoisotopic (exact) mass is 355 g/mol. The molecule has 2 saturated carbocycles. The highest BCUT2D eigenvalue weighted by Gasteiger charge is 2.38. The van der Waals surface area contributed by atoms with Crippen LogP contribution in [0.4, 0.5) is 5.69 Å². The normalized spacial score (nSPS) is 28.1. The zero-order chi connectivity index (χ0) is 17.9. The summed E-state index contributed by atoms with van der Waals surface area (Å²) in [6, 6.07) is 8.26. The van der Waals surface area contributed by atoms with Gasteiger partial charge in [0.25, 0.3) is 0 Å². The molecule has 4 rings (SSSR count). The number of amides is 2. The zero-order valence-electron chi connectivity index (χ0n) is 15.3. The summed E-state index contributed by atoms with van der Waals surface area (Å²) >= 11 is 0. The molecule has 3 N–H and O–H groups in total. The van der Waals surface area contributed by atoms with Gasteiger partial charge < -0.3 is 16.0 Å². The van der Waals surface area contributed by atoms with Gasteiger partial charge in [0.1, 0.15) is 0 Å². The molecular weight excluding hydrogens is 326 g/mol. The number of fused-ring (bicyclic) bond motifs is 1. The second-order valence-electron chi connectivity index (χ2n) is 8.14. The molecule has 3 atom stereocenters. The number of rotatable bonds is 5. The zero-order valence-corrected chi connectivity index (χ0v) is 15.3. The van der Waals surface area contributed by atoms with Crippen LogP contribution >= 0.6 is 0 Å². The van der Waals surface area contributed by atoms with Crippen molar-refractivity contribution in [1.29, 1.82) is 0 Å². The third kappa shape index (κ3) is 3.93. The Kier molecular flexibility index (Phi) is 5.25. The van der Waals surface area contributed by atoms with Crippen LogP contribution in [-0.4, -0.2) is 23.9 Å². The van der Waals surface area contributed by atoms with Gasteiger partial charge in [-0.2, -0.15) is 0 Å². The molecule has 0 spiro atoms. The van der Waals surface area contributed by atoms with Gasteiger partial charge in [0.2, 0.25) is 11.8 Å². The summed E-state index contributed by atoms with van der Waals surface area (Å²) in [5, 5.41) is 9.58. The fraction of sp³-hybridized carbons (Fsp3) is 0.619. The highest BCUT2D eigenvalue weighted by Crippen LogP contribution is 2.33. The van der Waals surface area contributed by atoms with E-state index in [1.165, 1.54) is 25.7 Å². The van der Waals surface area contributed by atoms with Gasteiger partial charge in [0, 0.05) is 24.2 Å². The molecule has 2 aliphatic carbocycles. The molecule has 26 heavy (non-hydrogen) atoms. The van der Waals surface area contributed by atoms with Crippen LogP contribution in [0, 0.1) is 11.8 Å². The Morgan fingerprint density at radius 3 is 2.65 bits per heavy atom. The Morgan fingerprint density at radius 2 is 1.88 bits per heavy atom. The maximum Gasteiger partial charge on any atom is 0.237 e. The van der Waals surface area contributed by atoms with Crippen molar-refractivity contribution in [3.63, 3.8) is 0 Å². The third-order valence-corrected chi connectivity index (χ3v) is 6.32. The van der Waals surface area contributed by atoms with E-state index in [1.807, 2.05) is 24.3 Å². The van der Waals surface area contributed by atoms with Crippen molar-refractivity contribution in [2.45, 2.75) is 70.0 Å². The van der Waals surface area contributed by atoms with Crippen molar-refractivity contribution in [3.8, 4) is 0 Å². The molecule has 0 bridgehead atoms. The van der Waals surface area contributed by atoms with E-state index >= 15 is 0 Å². The second kappa shape index (κ2) is 7.78. The molecule has 2 amide bonds. The molecule has 0 radical (unpaired) electrons. The molecule has 1 aromatic rings. The van der Waals surface area contributed by atoms with E-state index in [-0.39, 0.29) is 23.8 Å². The van der Waals surface area contributed by atoms with Crippen LogP contribution < -0.4 is 16.0 Å². The minimum absolute atomic E-state index is 0.0513. The minimum Gasteiger partial charge on any atom is -0.351 e. The minimum atomic E-state index is -0.0513. The van der Waals surface area contributed by atoms with E-state index in [1.54, 1.807) is 0 Å². The molecule has 1 aromatic carbocycles. The van der Waals surface area contributed by atoms with Crippen LogP contribution in [0.5, 0.6) is 0 Å². The van der Waals surface area contributed by atoms with Gasteiger partial charge in [0.15, 0.2) is 0 Å². The number of benzene rings is 1. The quantitative estimate of drug-likeness (QED) is 0.760. The average Bonchev–Trinajstić information content (AvgIpc) is 3.02. The molecule has 3 unspecified atom stereocenters. The fourth-order valence-corrected chi connectivity index (χ4v) is 4.51. The van der Waals surface area contributed by atoms with Gasteiger partial charge >= 0.3 is 0 Å². The maximum atomic E-state index is 12.5. The summed E-state index contributed by atoms with van der Waals surface area (Å²) in [7, 11) is 0. The molecule has 5 heteroatoms. The standard InChI is InChI=1S/C21H29N3O2/c25-20(15-7-4-8-15)23-17-9-3-5-14(11-17)13-22-21(26)19-12-16-6-1-2-10-18(16)24-19/h3,5,9,11,15-16,18-19,24H,1-2,4,6-8,10,12-13H2,(H,22,26)(H,23,25). The summed E-state index contributed by atoms with van der Waals surface area (Å²) in [6.07, 6.45) is 9.16. The van der Waals surface area contributed by atoms with Crippen LogP contribution in [-0.2, 0) is 16.1 Å². The van der Waals surface area contributed by atoms with Gasteiger partial charge in [-0.1, -0.05) is 31.4 Å². The lowest BCUT2D eigenvalue weighted by Crippen LogP contribution is -2.42. The van der Waals surface area contributed by atoms with Gasteiger partial charge in [-0.25, -0.2) is 0 Å². The first-order chi connectivity index (χ1) is 12.7. The fourth-order valence-electron chi connectivity index (χ4n) is 4.51. The molecule has 5 nitrogen and oxygen atoms in total. The second-order valence-corrected chi connectivity index (χ2v) is 8.14. The first kappa shape index (κ1) is 17.5. The lowest BCUT2D eigenvalue weighted by Gasteiger charge is -2.24. The van der Waals surface area contributed by atoms with Crippen LogP contribution in [0.2, 0.25) is 0 Å². The summed E-state index contributed by atoms with van der Waals surface area (Å²) in [4.78, 5) is 24.6. The van der Waals surface area contributed by atoms with Gasteiger partial charge in [-0.15, -0.1) is 0 Å². The number of carbonyl (C=O) groups excluding carboxylic acids is 2. The largest absolute Gasteiger partial charge is 0.351 e. The van der Waals surface area contributed by atoms with Crippen molar-refractivity contribution in [2.75, 3.05) is 5.32 Å².